The minimum absolute atomic E-state index is 0.0233. The van der Waals surface area contributed by atoms with Crippen molar-refractivity contribution in [1.29, 1.82) is 0 Å². The summed E-state index contributed by atoms with van der Waals surface area (Å²) in [6.45, 7) is 4.41. The highest BCUT2D eigenvalue weighted by molar-refractivity contribution is 7.99. The molecule has 2 unspecified atom stereocenters. The van der Waals surface area contributed by atoms with Gasteiger partial charge in [0.2, 0.25) is 0 Å². The number of ether oxygens (including phenoxy) is 2. The van der Waals surface area contributed by atoms with Crippen LogP contribution >= 0.6 is 23.5 Å². The molecular formula is C45H82O5S2. The maximum Gasteiger partial charge on any atom is 0.306 e. The highest BCUT2D eigenvalue weighted by atomic mass is 32.2. The highest BCUT2D eigenvalue weighted by Crippen LogP contribution is 2.29. The first kappa shape index (κ1) is 47.5. The number of hydrogen-bond donors (Lipinski definition) is 0. The number of carbonyl (C=O) groups excluding carboxylic acids is 3. The van der Waals surface area contributed by atoms with Gasteiger partial charge >= 0.3 is 11.9 Å². The first-order valence-electron chi connectivity index (χ1n) is 22.6. The Labute approximate surface area is 330 Å². The van der Waals surface area contributed by atoms with E-state index in [1.165, 1.54) is 103 Å². The molecule has 0 radical (unpaired) electrons. The molecule has 0 bridgehead atoms. The molecule has 0 aromatic heterocycles. The fourth-order valence-corrected chi connectivity index (χ4v) is 10.1. The van der Waals surface area contributed by atoms with Crippen molar-refractivity contribution in [2.45, 2.75) is 232 Å². The van der Waals surface area contributed by atoms with Gasteiger partial charge in [-0.25, -0.2) is 0 Å². The van der Waals surface area contributed by atoms with Crippen LogP contribution in [0.5, 0.6) is 0 Å². The molecule has 0 spiro atoms. The molecule has 2 aliphatic carbocycles. The van der Waals surface area contributed by atoms with Gasteiger partial charge in [-0.05, 0) is 74.7 Å². The van der Waals surface area contributed by atoms with Crippen LogP contribution in [-0.4, -0.2) is 52.9 Å². The zero-order valence-corrected chi connectivity index (χ0v) is 35.8. The smallest absolute Gasteiger partial charge is 0.306 e. The van der Waals surface area contributed by atoms with E-state index in [4.69, 9.17) is 9.47 Å². The molecule has 2 fully saturated rings. The van der Waals surface area contributed by atoms with Gasteiger partial charge in [-0.3, -0.25) is 14.4 Å². The van der Waals surface area contributed by atoms with Crippen LogP contribution in [0.3, 0.4) is 0 Å². The van der Waals surface area contributed by atoms with E-state index < -0.39 is 0 Å². The summed E-state index contributed by atoms with van der Waals surface area (Å²) < 4.78 is 11.9. The van der Waals surface area contributed by atoms with Crippen LogP contribution in [0.15, 0.2) is 0 Å². The molecule has 0 aliphatic heterocycles. The van der Waals surface area contributed by atoms with Crippen molar-refractivity contribution in [1.82, 2.24) is 0 Å². The maximum atomic E-state index is 12.5. The molecule has 7 heteroatoms. The Balaban J connectivity index is 1.38. The molecule has 0 N–H and O–H groups in total. The maximum absolute atomic E-state index is 12.5. The predicted molar refractivity (Wildman–Crippen MR) is 225 cm³/mol. The van der Waals surface area contributed by atoms with Crippen molar-refractivity contribution in [3.8, 4) is 0 Å². The minimum atomic E-state index is 0.0233. The van der Waals surface area contributed by atoms with Crippen LogP contribution in [-0.2, 0) is 23.9 Å². The first-order chi connectivity index (χ1) is 25.5. The number of carbonyl (C=O) groups is 3. The summed E-state index contributed by atoms with van der Waals surface area (Å²) in [5.74, 6) is 6.10. The third-order valence-electron chi connectivity index (χ3n) is 11.4. The van der Waals surface area contributed by atoms with Crippen molar-refractivity contribution in [3.63, 3.8) is 0 Å². The number of thioether (sulfide) groups is 2. The molecule has 0 aromatic carbocycles. The normalized spacial score (nSPS) is 16.8. The summed E-state index contributed by atoms with van der Waals surface area (Å²) in [7, 11) is 0. The van der Waals surface area contributed by atoms with Gasteiger partial charge in [0.15, 0.2) is 0 Å². The van der Waals surface area contributed by atoms with Crippen LogP contribution in [0.2, 0.25) is 0 Å². The minimum Gasteiger partial charge on any atom is -0.461 e. The van der Waals surface area contributed by atoms with Crippen molar-refractivity contribution in [2.24, 2.45) is 11.8 Å². The summed E-state index contributed by atoms with van der Waals surface area (Å²) in [6, 6.07) is 0. The van der Waals surface area contributed by atoms with E-state index in [1.54, 1.807) is 0 Å². The lowest BCUT2D eigenvalue weighted by molar-refractivity contribution is -0.149. The lowest BCUT2D eigenvalue weighted by atomic mass is 9.86. The summed E-state index contributed by atoms with van der Waals surface area (Å²) in [6.07, 6.45) is 36.3. The lowest BCUT2D eigenvalue weighted by Crippen LogP contribution is -2.21. The van der Waals surface area contributed by atoms with E-state index in [-0.39, 0.29) is 24.1 Å². The first-order valence-corrected chi connectivity index (χ1v) is 24.9. The van der Waals surface area contributed by atoms with E-state index >= 15 is 0 Å². The average Bonchev–Trinajstić information content (AvgIpc) is 3.16. The predicted octanol–water partition coefficient (Wildman–Crippen LogP) is 13.6. The second-order valence-corrected chi connectivity index (χ2v) is 18.6. The SMILES string of the molecule is CCCCC(CSCCCCCCCC(=O)CCCCCCCSCC(CCCC)OC(=O)CCC1CCCCC1)OC(=O)CCC1CCCCC1. The molecule has 0 amide bonds. The molecular weight excluding hydrogens is 685 g/mol. The van der Waals surface area contributed by atoms with Gasteiger partial charge in [-0.15, -0.1) is 0 Å². The van der Waals surface area contributed by atoms with Crippen LogP contribution < -0.4 is 0 Å². The van der Waals surface area contributed by atoms with Crippen molar-refractivity contribution >= 4 is 41.2 Å². The van der Waals surface area contributed by atoms with E-state index in [0.717, 1.165) is 125 Å². The van der Waals surface area contributed by atoms with Crippen LogP contribution in [0, 0.1) is 11.8 Å². The highest BCUT2D eigenvalue weighted by Gasteiger charge is 2.20. The van der Waals surface area contributed by atoms with Gasteiger partial charge in [-0.1, -0.05) is 142 Å². The molecule has 0 heterocycles. The van der Waals surface area contributed by atoms with Crippen molar-refractivity contribution < 1.29 is 23.9 Å². The zero-order valence-electron chi connectivity index (χ0n) is 34.1. The summed E-state index contributed by atoms with van der Waals surface area (Å²) >= 11 is 3.90. The molecule has 2 aliphatic rings. The summed E-state index contributed by atoms with van der Waals surface area (Å²) in [5.41, 5.74) is 0. The molecule has 5 nitrogen and oxygen atoms in total. The van der Waals surface area contributed by atoms with E-state index in [1.807, 2.05) is 23.5 Å². The second-order valence-electron chi connectivity index (χ2n) is 16.3. The molecule has 0 saturated heterocycles. The molecule has 0 aromatic rings. The lowest BCUT2D eigenvalue weighted by Gasteiger charge is -2.22. The topological polar surface area (TPSA) is 69.7 Å². The Morgan fingerprint density at radius 3 is 1.29 bits per heavy atom. The van der Waals surface area contributed by atoms with Crippen LogP contribution in [0.25, 0.3) is 0 Å². The number of rotatable bonds is 34. The monoisotopic (exact) mass is 767 g/mol. The van der Waals surface area contributed by atoms with E-state index in [9.17, 15) is 14.4 Å². The van der Waals surface area contributed by atoms with E-state index in [2.05, 4.69) is 13.8 Å². The molecule has 2 atom stereocenters. The summed E-state index contributed by atoms with van der Waals surface area (Å²) in [5, 5.41) is 0. The number of hydrogen-bond acceptors (Lipinski definition) is 7. The standard InChI is InChI=1S/C45H82O5S2/c1-3-5-29-42(49-44(47)33-31-39-23-15-13-16-24-39)37-51-35-21-11-7-9-19-27-41(46)28-20-10-8-12-22-36-52-38-43(30-6-4-2)50-45(48)34-32-40-25-17-14-18-26-40/h39-40,42-43H,3-38H2,1-2H3. The Morgan fingerprint density at radius 2 is 0.885 bits per heavy atom. The van der Waals surface area contributed by atoms with E-state index in [0.29, 0.717) is 18.6 Å². The second kappa shape index (κ2) is 33.6. The third-order valence-corrected chi connectivity index (χ3v) is 13.8. The Bertz CT molecular complexity index is 802. The van der Waals surface area contributed by atoms with Crippen molar-refractivity contribution in [3.05, 3.63) is 0 Å². The van der Waals surface area contributed by atoms with Gasteiger partial charge in [0, 0.05) is 37.2 Å². The fraction of sp³-hybridized carbons (Fsp3) is 0.933. The van der Waals surface area contributed by atoms with Gasteiger partial charge < -0.3 is 9.47 Å². The number of Topliss-reactive ketones (excluding diaryl/α,β-unsaturated/α-hetero) is 1. The molecule has 52 heavy (non-hydrogen) atoms. The van der Waals surface area contributed by atoms with Crippen molar-refractivity contribution in [2.75, 3.05) is 23.0 Å². The number of esters is 2. The molecule has 2 saturated carbocycles. The molecule has 304 valence electrons. The number of unbranched alkanes of at least 4 members (excludes halogenated alkanes) is 10. The van der Waals surface area contributed by atoms with Gasteiger partial charge in [0.1, 0.15) is 18.0 Å². The Hall–Kier alpha value is -0.690. The van der Waals surface area contributed by atoms with Crippen LogP contribution in [0.1, 0.15) is 219 Å². The van der Waals surface area contributed by atoms with Gasteiger partial charge in [0.05, 0.1) is 0 Å². The van der Waals surface area contributed by atoms with Gasteiger partial charge in [-0.2, -0.15) is 23.5 Å². The quantitative estimate of drug-likeness (QED) is 0.0477. The average molecular weight is 767 g/mol. The van der Waals surface area contributed by atoms with Crippen LogP contribution in [0.4, 0.5) is 0 Å². The third kappa shape index (κ3) is 27.0. The Kier molecular flexibility index (Phi) is 30.7. The zero-order chi connectivity index (χ0) is 37.3. The fourth-order valence-electron chi connectivity index (χ4n) is 7.97. The Morgan fingerprint density at radius 1 is 0.500 bits per heavy atom. The number of ketones is 1. The summed E-state index contributed by atoms with van der Waals surface area (Å²) in [4.78, 5) is 37.4. The molecule has 2 rings (SSSR count). The van der Waals surface area contributed by atoms with Gasteiger partial charge in [0.25, 0.3) is 0 Å². The largest absolute Gasteiger partial charge is 0.461 e.